The van der Waals surface area contributed by atoms with E-state index >= 15 is 0 Å². The van der Waals surface area contributed by atoms with E-state index in [1.165, 1.54) is 0 Å². The quantitative estimate of drug-likeness (QED) is 0.571. The zero-order valence-electron chi connectivity index (χ0n) is 6.30. The molecule has 1 heteroatoms. The molecule has 10 heavy (non-hydrogen) atoms. The van der Waals surface area contributed by atoms with Crippen LogP contribution < -0.4 is 5.32 Å². The van der Waals surface area contributed by atoms with Gasteiger partial charge in [-0.1, -0.05) is 25.2 Å². The summed E-state index contributed by atoms with van der Waals surface area (Å²) >= 11 is 0. The van der Waals surface area contributed by atoms with Crippen molar-refractivity contribution in [2.24, 2.45) is 0 Å². The second kappa shape index (κ2) is 2.74. The maximum absolute atomic E-state index is 3.78. The van der Waals surface area contributed by atoms with Crippen LogP contribution in [0.5, 0.6) is 0 Å². The average Bonchev–Trinajstić information content (AvgIpc) is 2.06. The predicted octanol–water partition coefficient (Wildman–Crippen LogP) is 1.99. The molecule has 0 radical (unpaired) electrons. The van der Waals surface area contributed by atoms with E-state index in [1.54, 1.807) is 0 Å². The first-order valence-electron chi connectivity index (χ1n) is 3.58. The molecule has 1 aliphatic heterocycles. The molecule has 0 saturated heterocycles. The van der Waals surface area contributed by atoms with Gasteiger partial charge in [0.25, 0.3) is 0 Å². The summed E-state index contributed by atoms with van der Waals surface area (Å²) in [6, 6.07) is 0. The Morgan fingerprint density at radius 1 is 1.60 bits per heavy atom. The minimum Gasteiger partial charge on any atom is -0.379 e. The maximum atomic E-state index is 3.78. The summed E-state index contributed by atoms with van der Waals surface area (Å²) in [7, 11) is 0. The van der Waals surface area contributed by atoms with Crippen molar-refractivity contribution >= 4 is 0 Å². The van der Waals surface area contributed by atoms with Gasteiger partial charge in [0.05, 0.1) is 5.54 Å². The molecule has 1 unspecified atom stereocenters. The third kappa shape index (κ3) is 1.13. The molecule has 54 valence electrons. The standard InChI is InChI=1S/C9H13N/c1-3-9(4-2)7-5-6-8-10-9/h3,5-8,10H,1,4H2,2H3. The van der Waals surface area contributed by atoms with Crippen LogP contribution in [0.15, 0.2) is 37.1 Å². The van der Waals surface area contributed by atoms with Gasteiger partial charge in [-0.05, 0) is 18.7 Å². The van der Waals surface area contributed by atoms with E-state index in [0.717, 1.165) is 6.42 Å². The van der Waals surface area contributed by atoms with Crippen molar-refractivity contribution in [3.63, 3.8) is 0 Å². The van der Waals surface area contributed by atoms with E-state index < -0.39 is 0 Å². The smallest absolute Gasteiger partial charge is 0.0732 e. The Labute approximate surface area is 62.1 Å². The van der Waals surface area contributed by atoms with Crippen molar-refractivity contribution in [2.75, 3.05) is 0 Å². The summed E-state index contributed by atoms with van der Waals surface area (Å²) in [6.45, 7) is 5.92. The molecule has 0 aliphatic carbocycles. The Hall–Kier alpha value is -0.980. The molecule has 0 fully saturated rings. The van der Waals surface area contributed by atoms with E-state index in [0.29, 0.717) is 0 Å². The number of hydrogen-bond acceptors (Lipinski definition) is 1. The molecule has 0 aromatic rings. The first-order valence-corrected chi connectivity index (χ1v) is 3.58. The predicted molar refractivity (Wildman–Crippen MR) is 44.6 cm³/mol. The summed E-state index contributed by atoms with van der Waals surface area (Å²) in [5, 5.41) is 3.25. The van der Waals surface area contributed by atoms with Crippen LogP contribution in [0.2, 0.25) is 0 Å². The molecule has 1 atom stereocenters. The van der Waals surface area contributed by atoms with Gasteiger partial charge in [-0.15, -0.1) is 6.58 Å². The van der Waals surface area contributed by atoms with Crippen molar-refractivity contribution in [1.29, 1.82) is 0 Å². The molecule has 0 amide bonds. The highest BCUT2D eigenvalue weighted by Gasteiger charge is 2.18. The van der Waals surface area contributed by atoms with Crippen molar-refractivity contribution in [2.45, 2.75) is 18.9 Å². The number of allylic oxidation sites excluding steroid dienone is 2. The van der Waals surface area contributed by atoms with E-state index in [4.69, 9.17) is 0 Å². The van der Waals surface area contributed by atoms with Crippen LogP contribution in [-0.4, -0.2) is 5.54 Å². The summed E-state index contributed by atoms with van der Waals surface area (Å²) in [4.78, 5) is 0. The minimum absolute atomic E-state index is 0.00868. The van der Waals surface area contributed by atoms with Gasteiger partial charge in [0.2, 0.25) is 0 Å². The van der Waals surface area contributed by atoms with Gasteiger partial charge in [-0.25, -0.2) is 0 Å². The lowest BCUT2D eigenvalue weighted by Gasteiger charge is -2.27. The molecule has 0 bridgehead atoms. The van der Waals surface area contributed by atoms with E-state index in [-0.39, 0.29) is 5.54 Å². The lowest BCUT2D eigenvalue weighted by molar-refractivity contribution is 0.537. The Kier molecular flexibility index (Phi) is 1.95. The molecule has 0 spiro atoms. The lowest BCUT2D eigenvalue weighted by Crippen LogP contribution is -2.38. The van der Waals surface area contributed by atoms with Crippen LogP contribution in [0.25, 0.3) is 0 Å². The zero-order chi connectivity index (χ0) is 7.45. The number of nitrogens with one attached hydrogen (secondary N) is 1. The molecule has 1 aliphatic rings. The van der Waals surface area contributed by atoms with E-state index in [1.807, 2.05) is 24.4 Å². The van der Waals surface area contributed by atoms with Gasteiger partial charge in [0.15, 0.2) is 0 Å². The fraction of sp³-hybridized carbons (Fsp3) is 0.333. The first-order chi connectivity index (χ1) is 4.83. The third-order valence-corrected chi connectivity index (χ3v) is 1.90. The van der Waals surface area contributed by atoms with Gasteiger partial charge in [-0.2, -0.15) is 0 Å². The van der Waals surface area contributed by atoms with Crippen molar-refractivity contribution in [3.8, 4) is 0 Å². The highest BCUT2D eigenvalue weighted by atomic mass is 14.9. The normalized spacial score (nSPS) is 29.7. The van der Waals surface area contributed by atoms with Crippen molar-refractivity contribution in [3.05, 3.63) is 37.1 Å². The van der Waals surface area contributed by atoms with Gasteiger partial charge in [0, 0.05) is 0 Å². The second-order valence-corrected chi connectivity index (χ2v) is 2.46. The van der Waals surface area contributed by atoms with Gasteiger partial charge < -0.3 is 5.32 Å². The minimum atomic E-state index is 0.00868. The Morgan fingerprint density at radius 2 is 2.40 bits per heavy atom. The van der Waals surface area contributed by atoms with Gasteiger partial charge >= 0.3 is 0 Å². The van der Waals surface area contributed by atoms with Crippen LogP contribution in [0.4, 0.5) is 0 Å². The molecular formula is C9H13N. The van der Waals surface area contributed by atoms with Crippen LogP contribution in [0.1, 0.15) is 13.3 Å². The van der Waals surface area contributed by atoms with Crippen LogP contribution >= 0.6 is 0 Å². The Morgan fingerprint density at radius 3 is 2.70 bits per heavy atom. The number of dihydropyridines is 1. The Bertz CT molecular complexity index is 179. The molecular weight excluding hydrogens is 122 g/mol. The van der Waals surface area contributed by atoms with Gasteiger partial charge in [0.1, 0.15) is 0 Å². The zero-order valence-corrected chi connectivity index (χ0v) is 6.30. The molecule has 0 saturated carbocycles. The van der Waals surface area contributed by atoms with Gasteiger partial charge in [-0.3, -0.25) is 0 Å². The fourth-order valence-electron chi connectivity index (χ4n) is 1.03. The molecule has 0 aromatic carbocycles. The van der Waals surface area contributed by atoms with E-state index in [9.17, 15) is 0 Å². The highest BCUT2D eigenvalue weighted by molar-refractivity contribution is 5.25. The lowest BCUT2D eigenvalue weighted by atomic mass is 9.94. The maximum Gasteiger partial charge on any atom is 0.0732 e. The molecule has 1 rings (SSSR count). The topological polar surface area (TPSA) is 12.0 Å². The SMILES string of the molecule is C=CC1(CC)C=CC=CN1. The fourth-order valence-corrected chi connectivity index (χ4v) is 1.03. The first kappa shape index (κ1) is 7.13. The van der Waals surface area contributed by atoms with Crippen molar-refractivity contribution in [1.82, 2.24) is 5.32 Å². The van der Waals surface area contributed by atoms with Crippen molar-refractivity contribution < 1.29 is 0 Å². The number of rotatable bonds is 2. The average molecular weight is 135 g/mol. The second-order valence-electron chi connectivity index (χ2n) is 2.46. The van der Waals surface area contributed by atoms with Crippen LogP contribution in [-0.2, 0) is 0 Å². The van der Waals surface area contributed by atoms with Crippen LogP contribution in [0, 0.1) is 0 Å². The summed E-state index contributed by atoms with van der Waals surface area (Å²) in [5.74, 6) is 0. The molecule has 1 N–H and O–H groups in total. The largest absolute Gasteiger partial charge is 0.379 e. The summed E-state index contributed by atoms with van der Waals surface area (Å²) in [5.41, 5.74) is 0.00868. The molecule has 1 heterocycles. The highest BCUT2D eigenvalue weighted by Crippen LogP contribution is 2.15. The number of hydrogen-bond donors (Lipinski definition) is 1. The molecule has 1 nitrogen and oxygen atoms in total. The Balaban J connectivity index is 2.75. The molecule has 0 aromatic heterocycles. The van der Waals surface area contributed by atoms with Crippen LogP contribution in [0.3, 0.4) is 0 Å². The summed E-state index contributed by atoms with van der Waals surface area (Å²) < 4.78 is 0. The third-order valence-electron chi connectivity index (χ3n) is 1.90. The summed E-state index contributed by atoms with van der Waals surface area (Å²) in [6.07, 6.45) is 11.1. The monoisotopic (exact) mass is 135 g/mol. The van der Waals surface area contributed by atoms with E-state index in [2.05, 4.69) is 24.9 Å².